The molecular weight excluding hydrogens is 362 g/mol. The topological polar surface area (TPSA) is 86.5 Å². The molecule has 0 aliphatic carbocycles. The summed E-state index contributed by atoms with van der Waals surface area (Å²) < 4.78 is 11.3. The van der Waals surface area contributed by atoms with Gasteiger partial charge in [-0.05, 0) is 31.5 Å². The highest BCUT2D eigenvalue weighted by molar-refractivity contribution is 7.09. The predicted molar refractivity (Wildman–Crippen MR) is 101 cm³/mol. The van der Waals surface area contributed by atoms with Gasteiger partial charge >= 0.3 is 0 Å². The van der Waals surface area contributed by atoms with Gasteiger partial charge in [-0.3, -0.25) is 4.79 Å². The van der Waals surface area contributed by atoms with Crippen LogP contribution in [0.15, 0.2) is 29.6 Å². The van der Waals surface area contributed by atoms with E-state index in [1.54, 1.807) is 11.4 Å². The van der Waals surface area contributed by atoms with E-state index in [2.05, 4.69) is 10.3 Å². The van der Waals surface area contributed by atoms with Gasteiger partial charge in [0.2, 0.25) is 0 Å². The van der Waals surface area contributed by atoms with E-state index in [4.69, 9.17) is 15.2 Å². The van der Waals surface area contributed by atoms with Crippen molar-refractivity contribution in [2.24, 2.45) is 5.73 Å². The third-order valence-corrected chi connectivity index (χ3v) is 4.60. The Kier molecular flexibility index (Phi) is 7.64. The second-order valence-electron chi connectivity index (χ2n) is 5.59. The average molecular weight is 384 g/mol. The zero-order valence-electron chi connectivity index (χ0n) is 13.8. The molecule has 0 spiro atoms. The molecule has 25 heavy (non-hydrogen) atoms. The lowest BCUT2D eigenvalue weighted by Crippen LogP contribution is -2.16. The number of hydrogen-bond donors (Lipinski definition) is 2. The number of thiazole rings is 1. The summed E-state index contributed by atoms with van der Waals surface area (Å²) in [6, 6.07) is 7.35. The Morgan fingerprint density at radius 1 is 1.48 bits per heavy atom. The summed E-state index contributed by atoms with van der Waals surface area (Å²) in [5, 5.41) is 5.46. The van der Waals surface area contributed by atoms with Crippen LogP contribution in [0.3, 0.4) is 0 Å². The lowest BCUT2D eigenvalue weighted by atomic mass is 10.2. The number of nitrogens with one attached hydrogen (secondary N) is 1. The summed E-state index contributed by atoms with van der Waals surface area (Å²) in [6.45, 7) is 1.87. The SMILES string of the molecule is Cl.NCCc1nc(C(=O)Nc2cccc(OCC3CCCO3)c2)cs1. The van der Waals surface area contributed by atoms with Gasteiger partial charge in [-0.2, -0.15) is 0 Å². The van der Waals surface area contributed by atoms with E-state index in [1.807, 2.05) is 18.2 Å². The number of amides is 1. The summed E-state index contributed by atoms with van der Waals surface area (Å²) in [4.78, 5) is 16.5. The van der Waals surface area contributed by atoms with Crippen molar-refractivity contribution in [1.29, 1.82) is 0 Å². The predicted octanol–water partition coefficient (Wildman–Crippen LogP) is 2.88. The molecule has 1 fully saturated rings. The molecule has 1 unspecified atom stereocenters. The fourth-order valence-electron chi connectivity index (χ4n) is 2.48. The van der Waals surface area contributed by atoms with Gasteiger partial charge in [-0.25, -0.2) is 4.98 Å². The number of nitrogens with zero attached hydrogens (tertiary/aromatic N) is 1. The summed E-state index contributed by atoms with van der Waals surface area (Å²) in [5.74, 6) is 0.483. The smallest absolute Gasteiger partial charge is 0.275 e. The second kappa shape index (κ2) is 9.72. The Labute approximate surface area is 157 Å². The first-order chi connectivity index (χ1) is 11.7. The highest BCUT2D eigenvalue weighted by atomic mass is 35.5. The van der Waals surface area contributed by atoms with Gasteiger partial charge in [0.1, 0.15) is 18.1 Å². The lowest BCUT2D eigenvalue weighted by molar-refractivity contribution is 0.0680. The Morgan fingerprint density at radius 3 is 3.12 bits per heavy atom. The quantitative estimate of drug-likeness (QED) is 0.767. The van der Waals surface area contributed by atoms with Crippen molar-refractivity contribution in [1.82, 2.24) is 4.98 Å². The van der Waals surface area contributed by atoms with E-state index in [1.165, 1.54) is 11.3 Å². The van der Waals surface area contributed by atoms with Gasteiger partial charge < -0.3 is 20.5 Å². The number of hydrogen-bond acceptors (Lipinski definition) is 6. The number of ether oxygens (including phenoxy) is 2. The first-order valence-corrected chi connectivity index (χ1v) is 8.93. The van der Waals surface area contributed by atoms with Crippen LogP contribution >= 0.6 is 23.7 Å². The molecule has 8 heteroatoms. The number of carbonyl (C=O) groups excluding carboxylic acids is 1. The van der Waals surface area contributed by atoms with Crippen molar-refractivity contribution in [2.45, 2.75) is 25.4 Å². The zero-order valence-corrected chi connectivity index (χ0v) is 15.4. The van der Waals surface area contributed by atoms with E-state index < -0.39 is 0 Å². The number of halogens is 1. The first kappa shape index (κ1) is 19.7. The van der Waals surface area contributed by atoms with Crippen LogP contribution in [0, 0.1) is 0 Å². The lowest BCUT2D eigenvalue weighted by Gasteiger charge is -2.12. The van der Waals surface area contributed by atoms with Crippen molar-refractivity contribution in [3.63, 3.8) is 0 Å². The van der Waals surface area contributed by atoms with Crippen molar-refractivity contribution in [3.05, 3.63) is 40.3 Å². The van der Waals surface area contributed by atoms with Crippen LogP contribution in [0.25, 0.3) is 0 Å². The molecule has 3 rings (SSSR count). The molecule has 1 aromatic carbocycles. The molecule has 1 amide bonds. The summed E-state index contributed by atoms with van der Waals surface area (Å²) in [5.41, 5.74) is 6.59. The van der Waals surface area contributed by atoms with Crippen molar-refractivity contribution >= 4 is 35.3 Å². The molecule has 3 N–H and O–H groups in total. The molecule has 6 nitrogen and oxygen atoms in total. The number of rotatable bonds is 7. The molecule has 0 saturated carbocycles. The monoisotopic (exact) mass is 383 g/mol. The third-order valence-electron chi connectivity index (χ3n) is 3.69. The van der Waals surface area contributed by atoms with Crippen LogP contribution < -0.4 is 15.8 Å². The highest BCUT2D eigenvalue weighted by Crippen LogP contribution is 2.20. The fourth-order valence-corrected chi connectivity index (χ4v) is 3.27. The largest absolute Gasteiger partial charge is 0.491 e. The fraction of sp³-hybridized carbons (Fsp3) is 0.412. The maximum absolute atomic E-state index is 12.3. The number of nitrogens with two attached hydrogens (primary N) is 1. The molecule has 1 aliphatic heterocycles. The maximum atomic E-state index is 12.3. The highest BCUT2D eigenvalue weighted by Gasteiger charge is 2.16. The van der Waals surface area contributed by atoms with Crippen LogP contribution in [0.1, 0.15) is 28.3 Å². The number of aromatic nitrogens is 1. The molecule has 1 saturated heterocycles. The van der Waals surface area contributed by atoms with Gasteiger partial charge in [-0.15, -0.1) is 23.7 Å². The summed E-state index contributed by atoms with van der Waals surface area (Å²) >= 11 is 1.45. The van der Waals surface area contributed by atoms with Gasteiger partial charge in [-0.1, -0.05) is 6.07 Å². The first-order valence-electron chi connectivity index (χ1n) is 8.05. The van der Waals surface area contributed by atoms with Crippen molar-refractivity contribution in [2.75, 3.05) is 25.1 Å². The Balaban J connectivity index is 0.00000225. The molecule has 1 atom stereocenters. The molecule has 2 heterocycles. The standard InChI is InChI=1S/C17H21N3O3S.ClH/c18-7-6-16-20-15(11-24-16)17(21)19-12-3-1-4-13(9-12)23-10-14-5-2-8-22-14;/h1,3-4,9,11,14H,2,5-8,10,18H2,(H,19,21);1H. The number of carbonyl (C=O) groups is 1. The Morgan fingerprint density at radius 2 is 2.36 bits per heavy atom. The number of anilines is 1. The Hall–Kier alpha value is -1.67. The van der Waals surface area contributed by atoms with Crippen LogP contribution in [0.4, 0.5) is 5.69 Å². The molecule has 1 aromatic heterocycles. The minimum Gasteiger partial charge on any atom is -0.491 e. The number of benzene rings is 1. The van der Waals surface area contributed by atoms with E-state index >= 15 is 0 Å². The van der Waals surface area contributed by atoms with Crippen molar-refractivity contribution < 1.29 is 14.3 Å². The van der Waals surface area contributed by atoms with Gasteiger partial charge in [0.05, 0.1) is 11.1 Å². The van der Waals surface area contributed by atoms with E-state index in [9.17, 15) is 4.79 Å². The molecular formula is C17H22ClN3O3S. The van der Waals surface area contributed by atoms with E-state index in [0.29, 0.717) is 36.7 Å². The minimum absolute atomic E-state index is 0. The minimum atomic E-state index is -0.231. The third kappa shape index (κ3) is 5.67. The zero-order chi connectivity index (χ0) is 16.8. The van der Waals surface area contributed by atoms with Gasteiger partial charge in [0.25, 0.3) is 5.91 Å². The molecule has 0 bridgehead atoms. The van der Waals surface area contributed by atoms with Crippen molar-refractivity contribution in [3.8, 4) is 5.75 Å². The maximum Gasteiger partial charge on any atom is 0.275 e. The van der Waals surface area contributed by atoms with Crippen LogP contribution in [0.2, 0.25) is 0 Å². The second-order valence-corrected chi connectivity index (χ2v) is 6.54. The Bertz CT molecular complexity index is 689. The van der Waals surface area contributed by atoms with Gasteiger partial charge in [0, 0.05) is 30.2 Å². The molecule has 1 aliphatic rings. The molecule has 0 radical (unpaired) electrons. The molecule has 2 aromatic rings. The van der Waals surface area contributed by atoms with Crippen LogP contribution in [-0.4, -0.2) is 36.8 Å². The average Bonchev–Trinajstić information content (AvgIpc) is 3.25. The van der Waals surface area contributed by atoms with E-state index in [-0.39, 0.29) is 24.4 Å². The van der Waals surface area contributed by atoms with E-state index in [0.717, 1.165) is 24.5 Å². The van der Waals surface area contributed by atoms with Crippen LogP contribution in [0.5, 0.6) is 5.75 Å². The van der Waals surface area contributed by atoms with Crippen LogP contribution in [-0.2, 0) is 11.2 Å². The summed E-state index contributed by atoms with van der Waals surface area (Å²) in [6.07, 6.45) is 2.97. The molecule has 136 valence electrons. The summed E-state index contributed by atoms with van der Waals surface area (Å²) in [7, 11) is 0. The van der Waals surface area contributed by atoms with Gasteiger partial charge in [0.15, 0.2) is 0 Å². The normalized spacial score (nSPS) is 16.3.